The van der Waals surface area contributed by atoms with Crippen molar-refractivity contribution in [1.82, 2.24) is 0 Å². The zero-order valence-electron chi connectivity index (χ0n) is 8.90. The molecule has 0 spiro atoms. The Morgan fingerprint density at radius 2 is 2.27 bits per heavy atom. The molecular weight excluding hydrogens is 264 g/mol. The second-order valence-corrected chi connectivity index (χ2v) is 3.02. The first kappa shape index (κ1) is 15.0. The standard InChI is InChI=1S/C9H10BO.C2H3O.Y/c1-2-5-9(6-3-1)10-7-4-8-11-10;1-2-3;/h1-3,5H,4,7-8H2;1H3;/q2*-1;. The molecule has 1 aromatic carbocycles. The van der Waals surface area contributed by atoms with Gasteiger partial charge in [0.05, 0.1) is 0 Å². The van der Waals surface area contributed by atoms with Crippen LogP contribution in [0.3, 0.4) is 0 Å². The largest absolute Gasteiger partial charge is 0.542 e. The molecule has 4 heteroatoms. The average molecular weight is 277 g/mol. The molecule has 2 nitrogen and oxygen atoms in total. The summed E-state index contributed by atoms with van der Waals surface area (Å²) in [4.78, 5) is 8.68. The molecule has 0 aromatic heterocycles. The molecule has 1 aliphatic rings. The van der Waals surface area contributed by atoms with Crippen LogP contribution in [0.2, 0.25) is 6.32 Å². The van der Waals surface area contributed by atoms with Gasteiger partial charge in [0.2, 0.25) is 0 Å². The molecule has 0 saturated carbocycles. The third kappa shape index (κ3) is 5.60. The van der Waals surface area contributed by atoms with Crippen molar-refractivity contribution in [3.05, 3.63) is 30.3 Å². The minimum absolute atomic E-state index is 0. The molecule has 1 saturated heterocycles. The summed E-state index contributed by atoms with van der Waals surface area (Å²) in [6.07, 6.45) is 3.84. The van der Waals surface area contributed by atoms with Crippen molar-refractivity contribution in [2.75, 3.05) is 6.61 Å². The number of rotatable bonds is 1. The van der Waals surface area contributed by atoms with Gasteiger partial charge in [-0.25, -0.2) is 0 Å². The zero-order valence-corrected chi connectivity index (χ0v) is 11.7. The predicted octanol–water partition coefficient (Wildman–Crippen LogP) is 1.22. The molecule has 1 aromatic rings. The van der Waals surface area contributed by atoms with Crippen molar-refractivity contribution in [3.63, 3.8) is 0 Å². The van der Waals surface area contributed by atoms with E-state index in [1.165, 1.54) is 25.1 Å². The van der Waals surface area contributed by atoms with E-state index in [9.17, 15) is 0 Å². The number of hydrogen-bond donors (Lipinski definition) is 0. The van der Waals surface area contributed by atoms with Gasteiger partial charge in [-0.15, -0.1) is 0 Å². The van der Waals surface area contributed by atoms with E-state index in [-0.39, 0.29) is 32.7 Å². The van der Waals surface area contributed by atoms with Crippen LogP contribution in [0.4, 0.5) is 0 Å². The van der Waals surface area contributed by atoms with Gasteiger partial charge >= 0.3 is 6.92 Å². The monoisotopic (exact) mass is 277 g/mol. The summed E-state index contributed by atoms with van der Waals surface area (Å²) in [5, 5.41) is 0. The van der Waals surface area contributed by atoms with Crippen LogP contribution in [0.1, 0.15) is 13.3 Å². The van der Waals surface area contributed by atoms with Crippen LogP contribution in [-0.2, 0) is 42.2 Å². The minimum Gasteiger partial charge on any atom is -0.542 e. The molecule has 1 fully saturated rings. The molecule has 0 unspecified atom stereocenters. The summed E-state index contributed by atoms with van der Waals surface area (Å²) >= 11 is 0. The Bertz CT molecular complexity index is 261. The maximum Gasteiger partial charge on any atom is 0.301 e. The Morgan fingerprint density at radius 3 is 2.73 bits per heavy atom. The van der Waals surface area contributed by atoms with Crippen LogP contribution in [-0.4, -0.2) is 19.8 Å². The fraction of sp³-hybridized carbons (Fsp3) is 0.364. The first-order valence-electron chi connectivity index (χ1n) is 4.75. The zero-order chi connectivity index (χ0) is 10.2. The van der Waals surface area contributed by atoms with Crippen molar-refractivity contribution in [3.8, 4) is 0 Å². The minimum atomic E-state index is 0. The molecule has 0 bridgehead atoms. The van der Waals surface area contributed by atoms with Gasteiger partial charge in [-0.3, -0.25) is 6.29 Å². The molecule has 15 heavy (non-hydrogen) atoms. The van der Waals surface area contributed by atoms with Gasteiger partial charge in [0.1, 0.15) is 0 Å². The van der Waals surface area contributed by atoms with Crippen LogP contribution in [0.15, 0.2) is 24.3 Å². The fourth-order valence-electron chi connectivity index (χ4n) is 1.43. The number of hydrogen-bond acceptors (Lipinski definition) is 2. The van der Waals surface area contributed by atoms with Crippen molar-refractivity contribution in [2.24, 2.45) is 0 Å². The van der Waals surface area contributed by atoms with Crippen molar-refractivity contribution in [1.29, 1.82) is 0 Å². The quantitative estimate of drug-likeness (QED) is 0.570. The van der Waals surface area contributed by atoms with Crippen LogP contribution >= 0.6 is 0 Å². The Balaban J connectivity index is 0.000000443. The van der Waals surface area contributed by atoms with E-state index in [1.54, 1.807) is 0 Å². The third-order valence-corrected chi connectivity index (χ3v) is 2.01. The van der Waals surface area contributed by atoms with Gasteiger partial charge in [0.15, 0.2) is 0 Å². The van der Waals surface area contributed by atoms with Gasteiger partial charge in [-0.2, -0.15) is 42.7 Å². The van der Waals surface area contributed by atoms with Crippen LogP contribution in [0.25, 0.3) is 0 Å². The first-order chi connectivity index (χ1) is 6.88. The molecule has 2 rings (SSSR count). The Morgan fingerprint density at radius 1 is 1.53 bits per heavy atom. The summed E-state index contributed by atoms with van der Waals surface area (Å²) in [6, 6.07) is 11.2. The summed E-state index contributed by atoms with van der Waals surface area (Å²) in [6.45, 7) is 2.55. The Kier molecular flexibility index (Phi) is 9.27. The SMILES string of the molecule is C[C-]=O.[Y].[c-]1ccccc1B1CCCO1. The third-order valence-electron chi connectivity index (χ3n) is 2.01. The van der Waals surface area contributed by atoms with Gasteiger partial charge in [-0.1, -0.05) is 0 Å². The summed E-state index contributed by atoms with van der Waals surface area (Å²) in [5.74, 6) is 0. The fourth-order valence-corrected chi connectivity index (χ4v) is 1.43. The Hall–Kier alpha value is 0.0188. The molecule has 77 valence electrons. The van der Waals surface area contributed by atoms with Crippen molar-refractivity contribution < 1.29 is 42.2 Å². The molecule has 0 atom stereocenters. The van der Waals surface area contributed by atoms with Crippen molar-refractivity contribution >= 4 is 18.7 Å². The number of benzene rings is 1. The first-order valence-corrected chi connectivity index (χ1v) is 4.75. The maximum absolute atomic E-state index is 8.68. The smallest absolute Gasteiger partial charge is 0.301 e. The van der Waals surface area contributed by atoms with Crippen LogP contribution in [0, 0.1) is 6.07 Å². The van der Waals surface area contributed by atoms with Crippen LogP contribution in [0.5, 0.6) is 0 Å². The molecule has 1 aliphatic heterocycles. The van der Waals surface area contributed by atoms with E-state index < -0.39 is 0 Å². The maximum atomic E-state index is 8.68. The van der Waals surface area contributed by atoms with E-state index in [1.807, 2.05) is 18.2 Å². The molecule has 0 amide bonds. The van der Waals surface area contributed by atoms with E-state index in [2.05, 4.69) is 12.1 Å². The second-order valence-electron chi connectivity index (χ2n) is 3.02. The molecular formula is C11H13BO2Y-2. The van der Waals surface area contributed by atoms with Crippen molar-refractivity contribution in [2.45, 2.75) is 19.7 Å². The molecule has 0 N–H and O–H groups in total. The van der Waals surface area contributed by atoms with E-state index in [0.717, 1.165) is 12.9 Å². The second kappa shape index (κ2) is 9.26. The number of carbonyl (C=O) groups excluding carboxylic acids is 1. The molecule has 1 radical (unpaired) electrons. The summed E-state index contributed by atoms with van der Waals surface area (Å²) in [5.41, 5.74) is 1.20. The summed E-state index contributed by atoms with van der Waals surface area (Å²) in [7, 11) is 0. The van der Waals surface area contributed by atoms with E-state index in [4.69, 9.17) is 9.45 Å². The topological polar surface area (TPSA) is 26.3 Å². The summed E-state index contributed by atoms with van der Waals surface area (Å²) < 4.78 is 5.51. The van der Waals surface area contributed by atoms with Crippen LogP contribution < -0.4 is 5.46 Å². The predicted molar refractivity (Wildman–Crippen MR) is 57.4 cm³/mol. The molecule has 1 heterocycles. The van der Waals surface area contributed by atoms with Gasteiger partial charge in [0.25, 0.3) is 0 Å². The van der Waals surface area contributed by atoms with E-state index >= 15 is 0 Å². The molecule has 0 aliphatic carbocycles. The van der Waals surface area contributed by atoms with E-state index in [0.29, 0.717) is 6.92 Å². The normalized spacial score (nSPS) is 13.5. The average Bonchev–Trinajstić information content (AvgIpc) is 2.73. The van der Waals surface area contributed by atoms with Gasteiger partial charge in [0, 0.05) is 39.3 Å². The Labute approximate surface area is 117 Å². The van der Waals surface area contributed by atoms with Gasteiger partial charge < -0.3 is 9.45 Å². The van der Waals surface area contributed by atoms with Gasteiger partial charge in [-0.05, 0) is 12.7 Å².